The zero-order chi connectivity index (χ0) is 21.5. The molecule has 0 aliphatic heterocycles. The molecule has 2 aromatic carbocycles. The van der Waals surface area contributed by atoms with Gasteiger partial charge in [-0.2, -0.15) is 5.10 Å². The number of halogens is 2. The maximum atomic E-state index is 12.8. The summed E-state index contributed by atoms with van der Waals surface area (Å²) in [6.07, 6.45) is 3.44. The number of nitrogens with one attached hydrogen (secondary N) is 3. The Balaban J connectivity index is 1.46. The molecule has 1 atom stereocenters. The van der Waals surface area contributed by atoms with Crippen molar-refractivity contribution < 1.29 is 4.79 Å². The van der Waals surface area contributed by atoms with Gasteiger partial charge < -0.3 is 10.3 Å². The summed E-state index contributed by atoms with van der Waals surface area (Å²) in [7, 11) is 0. The molecule has 9 heteroatoms. The predicted molar refractivity (Wildman–Crippen MR) is 121 cm³/mol. The van der Waals surface area contributed by atoms with Gasteiger partial charge in [0, 0.05) is 33.4 Å². The van der Waals surface area contributed by atoms with Crippen molar-refractivity contribution >= 4 is 51.0 Å². The van der Waals surface area contributed by atoms with Crippen molar-refractivity contribution in [3.8, 4) is 11.3 Å². The minimum absolute atomic E-state index is 0.223. The first-order valence-corrected chi connectivity index (χ1v) is 10.3. The van der Waals surface area contributed by atoms with Gasteiger partial charge in [-0.05, 0) is 55.0 Å². The lowest BCUT2D eigenvalue weighted by molar-refractivity contribution is 0.0930. The Morgan fingerprint density at radius 3 is 2.52 bits per heavy atom. The molecule has 5 aromatic rings. The number of pyridine rings is 1. The molecule has 0 saturated carbocycles. The number of carbonyl (C=O) groups excluding carboxylic acids is 1. The highest BCUT2D eigenvalue weighted by Gasteiger charge is 2.17. The Morgan fingerprint density at radius 1 is 1.03 bits per heavy atom. The minimum Gasteiger partial charge on any atom is -0.343 e. The van der Waals surface area contributed by atoms with Gasteiger partial charge in [0.2, 0.25) is 0 Å². The van der Waals surface area contributed by atoms with Crippen molar-refractivity contribution in [2.75, 3.05) is 0 Å². The fraction of sp³-hybridized carbons (Fsp3) is 0.0909. The van der Waals surface area contributed by atoms with Gasteiger partial charge in [-0.25, -0.2) is 4.98 Å². The van der Waals surface area contributed by atoms with Crippen molar-refractivity contribution in [2.24, 2.45) is 0 Å². The molecular weight excluding hydrogens is 435 g/mol. The van der Waals surface area contributed by atoms with E-state index in [1.54, 1.807) is 30.6 Å². The number of aromatic amines is 2. The summed E-state index contributed by atoms with van der Waals surface area (Å²) in [5, 5.41) is 12.3. The number of benzene rings is 2. The predicted octanol–water partition coefficient (Wildman–Crippen LogP) is 5.30. The Morgan fingerprint density at radius 2 is 1.77 bits per heavy atom. The van der Waals surface area contributed by atoms with E-state index in [1.807, 2.05) is 31.2 Å². The van der Waals surface area contributed by atoms with Crippen molar-refractivity contribution in [1.29, 1.82) is 0 Å². The molecule has 3 N–H and O–H groups in total. The lowest BCUT2D eigenvalue weighted by Gasteiger charge is -2.14. The van der Waals surface area contributed by atoms with Gasteiger partial charge in [-0.15, -0.1) is 0 Å². The first kappa shape index (κ1) is 19.5. The normalized spacial score (nSPS) is 12.4. The summed E-state index contributed by atoms with van der Waals surface area (Å²) in [4.78, 5) is 24.4. The highest BCUT2D eigenvalue weighted by Crippen LogP contribution is 2.29. The van der Waals surface area contributed by atoms with Gasteiger partial charge in [-0.3, -0.25) is 14.9 Å². The van der Waals surface area contributed by atoms with E-state index in [2.05, 4.69) is 30.5 Å². The topological polar surface area (TPSA) is 99.3 Å². The molecule has 0 aliphatic carbocycles. The minimum atomic E-state index is -0.323. The first-order valence-electron chi connectivity index (χ1n) is 9.53. The molecule has 0 fully saturated rings. The highest BCUT2D eigenvalue weighted by atomic mass is 35.5. The molecule has 1 unspecified atom stereocenters. The third-order valence-corrected chi connectivity index (χ3v) is 5.50. The number of carbonyl (C=O) groups is 1. The fourth-order valence-electron chi connectivity index (χ4n) is 3.53. The van der Waals surface area contributed by atoms with Crippen LogP contribution in [0.1, 0.15) is 29.1 Å². The van der Waals surface area contributed by atoms with Crippen LogP contribution in [0, 0.1) is 0 Å². The summed E-state index contributed by atoms with van der Waals surface area (Å²) in [5.41, 5.74) is 4.82. The number of rotatable bonds is 4. The number of hydrogen-bond acceptors (Lipinski definition) is 4. The van der Waals surface area contributed by atoms with Gasteiger partial charge in [-0.1, -0.05) is 23.2 Å². The maximum absolute atomic E-state index is 12.8. The van der Waals surface area contributed by atoms with Crippen LogP contribution in [0.2, 0.25) is 10.0 Å². The lowest BCUT2D eigenvalue weighted by atomic mass is 10.1. The Bertz CT molecular complexity index is 1410. The number of fused-ring (bicyclic) bond motifs is 2. The molecule has 3 heterocycles. The molecule has 31 heavy (non-hydrogen) atoms. The molecule has 3 aromatic heterocycles. The number of imidazole rings is 1. The van der Waals surface area contributed by atoms with E-state index in [0.29, 0.717) is 15.6 Å². The van der Waals surface area contributed by atoms with E-state index >= 15 is 0 Å². The monoisotopic (exact) mass is 450 g/mol. The largest absolute Gasteiger partial charge is 0.343 e. The van der Waals surface area contributed by atoms with Crippen molar-refractivity contribution in [3.63, 3.8) is 0 Å². The fourth-order valence-corrected chi connectivity index (χ4v) is 4.08. The van der Waals surface area contributed by atoms with Gasteiger partial charge in [0.25, 0.3) is 5.91 Å². The Kier molecular flexibility index (Phi) is 4.84. The Labute approximate surface area is 186 Å². The average Bonchev–Trinajstić information content (AvgIpc) is 3.35. The lowest BCUT2D eigenvalue weighted by Crippen LogP contribution is -2.27. The van der Waals surface area contributed by atoms with Crippen LogP contribution in [0.25, 0.3) is 33.2 Å². The summed E-state index contributed by atoms with van der Waals surface area (Å²) in [6, 6.07) is 12.5. The average molecular weight is 451 g/mol. The van der Waals surface area contributed by atoms with Gasteiger partial charge in [0.05, 0.1) is 22.6 Å². The van der Waals surface area contributed by atoms with Crippen LogP contribution in [0.3, 0.4) is 0 Å². The van der Waals surface area contributed by atoms with Gasteiger partial charge >= 0.3 is 0 Å². The Hall–Kier alpha value is -3.42. The molecule has 1 amide bonds. The van der Waals surface area contributed by atoms with Crippen LogP contribution < -0.4 is 5.32 Å². The van der Waals surface area contributed by atoms with Gasteiger partial charge in [0.15, 0.2) is 5.82 Å². The number of amides is 1. The van der Waals surface area contributed by atoms with Crippen LogP contribution in [0.5, 0.6) is 0 Å². The molecule has 154 valence electrons. The standard InChI is InChI=1S/C22H16Cl2N6O/c1-11(13-6-14(23)8-15(24)7-13)26-22(31)21-27-18-9-16-17(10-19(18)28-21)29-30-20(16)12-2-4-25-5-3-12/h2-11H,1H3,(H,26,31)(H,27,28)(H,29,30). The van der Waals surface area contributed by atoms with E-state index in [9.17, 15) is 4.79 Å². The second-order valence-corrected chi connectivity index (χ2v) is 8.08. The molecule has 5 rings (SSSR count). The summed E-state index contributed by atoms with van der Waals surface area (Å²) in [6.45, 7) is 1.86. The molecule has 0 aliphatic rings. The second-order valence-electron chi connectivity index (χ2n) is 7.21. The summed E-state index contributed by atoms with van der Waals surface area (Å²) >= 11 is 12.1. The number of H-pyrrole nitrogens is 2. The highest BCUT2D eigenvalue weighted by molar-refractivity contribution is 6.34. The molecule has 7 nitrogen and oxygen atoms in total. The van der Waals surface area contributed by atoms with Crippen LogP contribution in [0.15, 0.2) is 54.9 Å². The van der Waals surface area contributed by atoms with Gasteiger partial charge in [0.1, 0.15) is 5.69 Å². The zero-order valence-electron chi connectivity index (χ0n) is 16.3. The van der Waals surface area contributed by atoms with Crippen LogP contribution >= 0.6 is 23.2 Å². The third kappa shape index (κ3) is 3.73. The van der Waals surface area contributed by atoms with Crippen molar-refractivity contribution in [3.05, 3.63) is 76.3 Å². The summed E-state index contributed by atoms with van der Waals surface area (Å²) < 4.78 is 0. The van der Waals surface area contributed by atoms with Crippen LogP contribution in [-0.2, 0) is 0 Å². The number of hydrogen-bond donors (Lipinski definition) is 3. The first-order chi connectivity index (χ1) is 15.0. The van der Waals surface area contributed by atoms with Crippen molar-refractivity contribution in [1.82, 2.24) is 30.5 Å². The van der Waals surface area contributed by atoms with Crippen molar-refractivity contribution in [2.45, 2.75) is 13.0 Å². The van der Waals surface area contributed by atoms with E-state index in [0.717, 1.165) is 33.2 Å². The van der Waals surface area contributed by atoms with E-state index in [1.165, 1.54) is 0 Å². The maximum Gasteiger partial charge on any atom is 0.287 e. The van der Waals surface area contributed by atoms with E-state index in [4.69, 9.17) is 23.2 Å². The smallest absolute Gasteiger partial charge is 0.287 e. The van der Waals surface area contributed by atoms with E-state index in [-0.39, 0.29) is 17.8 Å². The molecular formula is C22H16Cl2N6O. The quantitative estimate of drug-likeness (QED) is 0.345. The second kappa shape index (κ2) is 7.68. The number of aromatic nitrogens is 5. The molecule has 0 bridgehead atoms. The molecule has 0 saturated heterocycles. The van der Waals surface area contributed by atoms with E-state index < -0.39 is 0 Å². The molecule has 0 spiro atoms. The van der Waals surface area contributed by atoms with Crippen LogP contribution in [0.4, 0.5) is 0 Å². The zero-order valence-corrected chi connectivity index (χ0v) is 17.8. The number of nitrogens with zero attached hydrogens (tertiary/aromatic N) is 3. The summed E-state index contributed by atoms with van der Waals surface area (Å²) in [5.74, 6) is -0.100. The third-order valence-electron chi connectivity index (χ3n) is 5.07. The SMILES string of the molecule is CC(NC(=O)c1nc2cc3c(-c4ccncc4)n[nH]c3cc2[nH]1)c1cc(Cl)cc(Cl)c1. The van der Waals surface area contributed by atoms with Crippen LogP contribution in [-0.4, -0.2) is 31.1 Å². The molecule has 0 radical (unpaired) electrons.